The molecular formula is C28H37NO5. The second-order valence-electron chi connectivity index (χ2n) is 9.99. The third kappa shape index (κ3) is 8.08. The van der Waals surface area contributed by atoms with Gasteiger partial charge in [-0.1, -0.05) is 56.4 Å². The topological polar surface area (TPSA) is 73.9 Å². The molecule has 0 saturated heterocycles. The second-order valence-corrected chi connectivity index (χ2v) is 9.99. The summed E-state index contributed by atoms with van der Waals surface area (Å²) in [6, 6.07) is 15.0. The number of carbonyl (C=O) groups is 2. The van der Waals surface area contributed by atoms with Crippen molar-refractivity contribution in [3.63, 3.8) is 0 Å². The summed E-state index contributed by atoms with van der Waals surface area (Å²) in [5.74, 6) is 1.00. The molecule has 1 amide bonds. The Balaban J connectivity index is 1.60. The molecule has 0 spiro atoms. The van der Waals surface area contributed by atoms with Crippen molar-refractivity contribution in [3.8, 4) is 16.9 Å². The molecule has 1 saturated carbocycles. The summed E-state index contributed by atoms with van der Waals surface area (Å²) in [7, 11) is 1.37. The van der Waals surface area contributed by atoms with E-state index in [-0.39, 0.29) is 12.0 Å². The Morgan fingerprint density at radius 1 is 0.941 bits per heavy atom. The van der Waals surface area contributed by atoms with E-state index in [0.717, 1.165) is 23.3 Å². The number of hydrogen-bond donors (Lipinski definition) is 1. The van der Waals surface area contributed by atoms with Crippen LogP contribution in [0.1, 0.15) is 69.7 Å². The summed E-state index contributed by atoms with van der Waals surface area (Å²) >= 11 is 0. The first-order chi connectivity index (χ1) is 16.2. The van der Waals surface area contributed by atoms with E-state index in [1.165, 1.54) is 39.2 Å². The van der Waals surface area contributed by atoms with Crippen molar-refractivity contribution < 1.29 is 23.8 Å². The molecule has 0 bridgehead atoms. The Kier molecular flexibility index (Phi) is 8.97. The van der Waals surface area contributed by atoms with Gasteiger partial charge in [0.1, 0.15) is 18.0 Å². The number of methoxy groups -OCH3 is 1. The van der Waals surface area contributed by atoms with Crippen molar-refractivity contribution in [1.29, 1.82) is 0 Å². The van der Waals surface area contributed by atoms with E-state index in [9.17, 15) is 9.59 Å². The summed E-state index contributed by atoms with van der Waals surface area (Å²) in [6.45, 7) is 5.99. The number of hydrogen-bond acceptors (Lipinski definition) is 5. The molecule has 1 atom stereocenters. The maximum Gasteiger partial charge on any atom is 0.407 e. The minimum Gasteiger partial charge on any atom is -0.491 e. The highest BCUT2D eigenvalue weighted by Gasteiger charge is 2.24. The van der Waals surface area contributed by atoms with Gasteiger partial charge in [-0.15, -0.1) is 0 Å². The van der Waals surface area contributed by atoms with Gasteiger partial charge in [-0.25, -0.2) is 9.59 Å². The fourth-order valence-corrected chi connectivity index (χ4v) is 4.33. The number of nitrogens with one attached hydrogen (secondary N) is 1. The Hall–Kier alpha value is -3.02. The molecule has 184 valence electrons. The van der Waals surface area contributed by atoms with E-state index in [1.54, 1.807) is 12.1 Å². The monoisotopic (exact) mass is 467 g/mol. The molecule has 0 aromatic heterocycles. The average Bonchev–Trinajstić information content (AvgIpc) is 2.82. The maximum absolute atomic E-state index is 12.4. The molecule has 34 heavy (non-hydrogen) atoms. The predicted molar refractivity (Wildman–Crippen MR) is 133 cm³/mol. The molecule has 6 heteroatoms. The van der Waals surface area contributed by atoms with Crippen LogP contribution in [0.4, 0.5) is 4.79 Å². The zero-order chi connectivity index (χ0) is 24.6. The quantitative estimate of drug-likeness (QED) is 0.456. The van der Waals surface area contributed by atoms with Crippen molar-refractivity contribution in [2.75, 3.05) is 13.7 Å². The smallest absolute Gasteiger partial charge is 0.407 e. The average molecular weight is 468 g/mol. The molecule has 6 nitrogen and oxygen atoms in total. The lowest BCUT2D eigenvalue weighted by Crippen LogP contribution is -2.43. The first-order valence-corrected chi connectivity index (χ1v) is 12.1. The summed E-state index contributed by atoms with van der Waals surface area (Å²) < 4.78 is 16.3. The highest BCUT2D eigenvalue weighted by molar-refractivity contribution is 5.90. The fourth-order valence-electron chi connectivity index (χ4n) is 4.33. The summed E-state index contributed by atoms with van der Waals surface area (Å²) in [6.07, 6.45) is 6.71. The van der Waals surface area contributed by atoms with Gasteiger partial charge in [-0.3, -0.25) is 0 Å². The molecule has 1 aliphatic rings. The number of carbonyl (C=O) groups excluding carboxylic acids is 2. The lowest BCUT2D eigenvalue weighted by atomic mass is 9.85. The van der Waals surface area contributed by atoms with Gasteiger partial charge >= 0.3 is 12.1 Å². The van der Waals surface area contributed by atoms with Crippen LogP contribution in [0, 0.1) is 5.92 Å². The zero-order valence-corrected chi connectivity index (χ0v) is 20.8. The minimum absolute atomic E-state index is 0.108. The number of amides is 1. The van der Waals surface area contributed by atoms with Crippen LogP contribution in [-0.2, 0) is 9.47 Å². The third-order valence-corrected chi connectivity index (χ3v) is 6.01. The van der Waals surface area contributed by atoms with Gasteiger partial charge in [0, 0.05) is 0 Å². The highest BCUT2D eigenvalue weighted by atomic mass is 16.6. The zero-order valence-electron chi connectivity index (χ0n) is 20.8. The Bertz CT molecular complexity index is 925. The van der Waals surface area contributed by atoms with Gasteiger partial charge in [0.2, 0.25) is 0 Å². The van der Waals surface area contributed by atoms with Gasteiger partial charge in [0.25, 0.3) is 0 Å². The van der Waals surface area contributed by atoms with Crippen LogP contribution in [0.5, 0.6) is 5.75 Å². The SMILES string of the molecule is COC(=O)c1ccc(-c2ccc(OC[C@H](CC3CCCCC3)NC(=O)OC(C)(C)C)cc2)cc1. The molecule has 1 N–H and O–H groups in total. The molecule has 1 aliphatic carbocycles. The normalized spacial score (nSPS) is 15.3. The van der Waals surface area contributed by atoms with Crippen LogP contribution in [0.15, 0.2) is 48.5 Å². The molecular weight excluding hydrogens is 430 g/mol. The second kappa shape index (κ2) is 11.9. The molecule has 3 rings (SSSR count). The van der Waals surface area contributed by atoms with Gasteiger partial charge < -0.3 is 19.5 Å². The number of alkyl carbamates (subject to hydrolysis) is 1. The molecule has 0 aliphatic heterocycles. The first-order valence-electron chi connectivity index (χ1n) is 12.1. The van der Waals surface area contributed by atoms with Crippen LogP contribution in [0.25, 0.3) is 11.1 Å². The molecule has 1 fully saturated rings. The standard InChI is InChI=1S/C28H37NO5/c1-28(2,3)34-27(31)29-24(18-20-8-6-5-7-9-20)19-33-25-16-14-22(15-17-25)21-10-12-23(13-11-21)26(30)32-4/h10-17,20,24H,5-9,18-19H2,1-4H3,(H,29,31)/t24-/m0/s1. The van der Waals surface area contributed by atoms with Crippen LogP contribution in [0.3, 0.4) is 0 Å². The van der Waals surface area contributed by atoms with E-state index < -0.39 is 11.7 Å². The highest BCUT2D eigenvalue weighted by Crippen LogP contribution is 2.28. The third-order valence-electron chi connectivity index (χ3n) is 6.01. The van der Waals surface area contributed by atoms with Gasteiger partial charge in [-0.05, 0) is 68.5 Å². The molecule has 2 aromatic carbocycles. The van der Waals surface area contributed by atoms with E-state index in [1.807, 2.05) is 57.2 Å². The lowest BCUT2D eigenvalue weighted by Gasteiger charge is -2.28. The number of benzene rings is 2. The van der Waals surface area contributed by atoms with Gasteiger partial charge in [0.05, 0.1) is 18.7 Å². The Morgan fingerprint density at radius 2 is 1.53 bits per heavy atom. The number of ether oxygens (including phenoxy) is 3. The summed E-state index contributed by atoms with van der Waals surface area (Å²) in [5, 5.41) is 3.02. The molecule has 0 radical (unpaired) electrons. The van der Waals surface area contributed by atoms with Crippen LogP contribution >= 0.6 is 0 Å². The van der Waals surface area contributed by atoms with E-state index in [4.69, 9.17) is 14.2 Å². The van der Waals surface area contributed by atoms with Crippen LogP contribution in [-0.4, -0.2) is 37.4 Å². The van der Waals surface area contributed by atoms with Gasteiger partial charge in [0.15, 0.2) is 0 Å². The molecule has 2 aromatic rings. The molecule has 0 heterocycles. The lowest BCUT2D eigenvalue weighted by molar-refractivity contribution is 0.0474. The predicted octanol–water partition coefficient (Wildman–Crippen LogP) is 6.38. The van der Waals surface area contributed by atoms with E-state index in [2.05, 4.69) is 5.32 Å². The van der Waals surface area contributed by atoms with Crippen molar-refractivity contribution in [2.24, 2.45) is 5.92 Å². The summed E-state index contributed by atoms with van der Waals surface area (Å²) in [5.41, 5.74) is 2.01. The maximum atomic E-state index is 12.4. The van der Waals surface area contributed by atoms with E-state index in [0.29, 0.717) is 18.1 Å². The Morgan fingerprint density at radius 3 is 2.09 bits per heavy atom. The van der Waals surface area contributed by atoms with Crippen molar-refractivity contribution in [2.45, 2.75) is 70.9 Å². The number of esters is 1. The van der Waals surface area contributed by atoms with Gasteiger partial charge in [-0.2, -0.15) is 0 Å². The van der Waals surface area contributed by atoms with Crippen molar-refractivity contribution >= 4 is 12.1 Å². The first kappa shape index (κ1) is 25.6. The van der Waals surface area contributed by atoms with Crippen LogP contribution in [0.2, 0.25) is 0 Å². The van der Waals surface area contributed by atoms with Crippen molar-refractivity contribution in [1.82, 2.24) is 5.32 Å². The minimum atomic E-state index is -0.536. The molecule has 0 unspecified atom stereocenters. The summed E-state index contributed by atoms with van der Waals surface area (Å²) in [4.78, 5) is 24.0. The largest absolute Gasteiger partial charge is 0.491 e. The van der Waals surface area contributed by atoms with Crippen LogP contribution < -0.4 is 10.1 Å². The Labute approximate surface area is 203 Å². The van der Waals surface area contributed by atoms with E-state index >= 15 is 0 Å². The number of rotatable bonds is 8. The fraction of sp³-hybridized carbons (Fsp3) is 0.500. The van der Waals surface area contributed by atoms with Crippen molar-refractivity contribution in [3.05, 3.63) is 54.1 Å².